The summed E-state index contributed by atoms with van der Waals surface area (Å²) in [4.78, 5) is 10.4. The number of carboxylic acid groups (broad SMARTS) is 1. The molecule has 0 unspecified atom stereocenters. The first-order valence-electron chi connectivity index (χ1n) is 5.36. The van der Waals surface area contributed by atoms with Gasteiger partial charge in [-0.25, -0.2) is 0 Å². The Morgan fingerprint density at radius 3 is 2.39 bits per heavy atom. The van der Waals surface area contributed by atoms with Gasteiger partial charge < -0.3 is 16.6 Å². The maximum atomic E-state index is 10.4. The van der Waals surface area contributed by atoms with Gasteiger partial charge in [-0.1, -0.05) is 30.3 Å². The number of H-pyrrole nitrogens is 1. The van der Waals surface area contributed by atoms with E-state index in [9.17, 15) is 4.79 Å². The first-order valence-corrected chi connectivity index (χ1v) is 5.36. The lowest BCUT2D eigenvalue weighted by atomic mass is 10.1. The SMILES string of the molecule is N[C@@H](Cc1ccccc1)C(=O)O.Nc1ccn[nH]1. The smallest absolute Gasteiger partial charge is 0.320 e. The Hall–Kier alpha value is -2.34. The molecule has 0 aliphatic carbocycles. The van der Waals surface area contributed by atoms with Crippen LogP contribution in [0, 0.1) is 0 Å². The summed E-state index contributed by atoms with van der Waals surface area (Å²) in [6.45, 7) is 0. The molecule has 96 valence electrons. The number of nitrogen functional groups attached to an aromatic ring is 1. The highest BCUT2D eigenvalue weighted by atomic mass is 16.4. The second-order valence-electron chi connectivity index (χ2n) is 3.65. The highest BCUT2D eigenvalue weighted by Crippen LogP contribution is 2.01. The second-order valence-corrected chi connectivity index (χ2v) is 3.65. The Labute approximate surface area is 105 Å². The summed E-state index contributed by atoms with van der Waals surface area (Å²) in [5.74, 6) is -0.353. The average Bonchev–Trinajstić information content (AvgIpc) is 2.82. The zero-order valence-corrected chi connectivity index (χ0v) is 9.78. The molecule has 1 aromatic carbocycles. The molecule has 2 rings (SSSR count). The van der Waals surface area contributed by atoms with Crippen LogP contribution in [0.15, 0.2) is 42.6 Å². The van der Waals surface area contributed by atoms with Crippen LogP contribution in [0.5, 0.6) is 0 Å². The lowest BCUT2D eigenvalue weighted by Gasteiger charge is -2.04. The van der Waals surface area contributed by atoms with Crippen molar-refractivity contribution in [2.24, 2.45) is 5.73 Å². The molecule has 6 nitrogen and oxygen atoms in total. The fraction of sp³-hybridized carbons (Fsp3) is 0.167. The first kappa shape index (κ1) is 13.7. The predicted octanol–water partition coefficient (Wildman–Crippen LogP) is 0.633. The Morgan fingerprint density at radius 2 is 2.00 bits per heavy atom. The zero-order valence-electron chi connectivity index (χ0n) is 9.78. The molecule has 1 heterocycles. The molecule has 6 heteroatoms. The maximum Gasteiger partial charge on any atom is 0.320 e. The van der Waals surface area contributed by atoms with E-state index in [4.69, 9.17) is 16.6 Å². The number of benzene rings is 1. The molecule has 0 bridgehead atoms. The molecule has 0 fully saturated rings. The van der Waals surface area contributed by atoms with Crippen molar-refractivity contribution in [2.45, 2.75) is 12.5 Å². The molecule has 0 radical (unpaired) electrons. The van der Waals surface area contributed by atoms with Crippen LogP contribution < -0.4 is 11.5 Å². The van der Waals surface area contributed by atoms with Crippen LogP contribution in [0.25, 0.3) is 0 Å². The van der Waals surface area contributed by atoms with Crippen molar-refractivity contribution < 1.29 is 9.90 Å². The predicted molar refractivity (Wildman–Crippen MR) is 68.8 cm³/mol. The maximum absolute atomic E-state index is 10.4. The third-order valence-electron chi connectivity index (χ3n) is 2.14. The highest BCUT2D eigenvalue weighted by molar-refractivity contribution is 5.73. The summed E-state index contributed by atoms with van der Waals surface area (Å²) in [6.07, 6.45) is 1.99. The monoisotopic (exact) mass is 248 g/mol. The van der Waals surface area contributed by atoms with E-state index >= 15 is 0 Å². The molecule has 1 aromatic heterocycles. The van der Waals surface area contributed by atoms with Gasteiger partial charge in [0.2, 0.25) is 0 Å². The average molecular weight is 248 g/mol. The summed E-state index contributed by atoms with van der Waals surface area (Å²) < 4.78 is 0. The molecule has 2 aromatic rings. The summed E-state index contributed by atoms with van der Waals surface area (Å²) in [5.41, 5.74) is 11.5. The third kappa shape index (κ3) is 5.13. The molecule has 0 saturated carbocycles. The van der Waals surface area contributed by atoms with Crippen LogP contribution in [-0.2, 0) is 11.2 Å². The molecular formula is C12H16N4O2. The van der Waals surface area contributed by atoms with Crippen molar-refractivity contribution in [1.82, 2.24) is 10.2 Å². The Bertz CT molecular complexity index is 456. The standard InChI is InChI=1S/C9H11NO2.C3H5N3/c10-8(9(11)12)6-7-4-2-1-3-5-7;4-3-1-2-5-6-3/h1-5,8H,6,10H2,(H,11,12);1-2H,(H3,4,5,6)/t8-;/m0./s1. The van der Waals surface area contributed by atoms with Crippen LogP contribution >= 0.6 is 0 Å². The van der Waals surface area contributed by atoms with Gasteiger partial charge in [-0.05, 0) is 18.1 Å². The molecule has 1 atom stereocenters. The van der Waals surface area contributed by atoms with E-state index < -0.39 is 12.0 Å². The number of carbonyl (C=O) groups is 1. The number of nitrogens with one attached hydrogen (secondary N) is 1. The second kappa shape index (κ2) is 7.08. The topological polar surface area (TPSA) is 118 Å². The largest absolute Gasteiger partial charge is 0.480 e. The normalized spacial score (nSPS) is 11.2. The van der Waals surface area contributed by atoms with Crippen molar-refractivity contribution in [3.8, 4) is 0 Å². The van der Waals surface area contributed by atoms with Gasteiger partial charge in [-0.15, -0.1) is 0 Å². The Morgan fingerprint density at radius 1 is 1.33 bits per heavy atom. The van der Waals surface area contributed by atoms with Crippen molar-refractivity contribution >= 4 is 11.8 Å². The van der Waals surface area contributed by atoms with Gasteiger partial charge in [-0.3, -0.25) is 9.89 Å². The summed E-state index contributed by atoms with van der Waals surface area (Å²) in [6, 6.07) is 10.2. The van der Waals surface area contributed by atoms with Gasteiger partial charge in [0.25, 0.3) is 0 Å². The molecule has 0 saturated heterocycles. The van der Waals surface area contributed by atoms with Crippen LogP contribution in [0.3, 0.4) is 0 Å². The van der Waals surface area contributed by atoms with Gasteiger partial charge in [-0.2, -0.15) is 5.10 Å². The minimum atomic E-state index is -0.959. The van der Waals surface area contributed by atoms with Crippen LogP contribution in [0.1, 0.15) is 5.56 Å². The van der Waals surface area contributed by atoms with Gasteiger partial charge >= 0.3 is 5.97 Å². The number of aromatic amines is 1. The van der Waals surface area contributed by atoms with Gasteiger partial charge in [0.05, 0.1) is 6.20 Å². The molecular weight excluding hydrogens is 232 g/mol. The van der Waals surface area contributed by atoms with E-state index in [-0.39, 0.29) is 0 Å². The molecule has 0 amide bonds. The number of carboxylic acids is 1. The van der Waals surface area contributed by atoms with E-state index in [1.165, 1.54) is 0 Å². The van der Waals surface area contributed by atoms with Crippen LogP contribution in [0.4, 0.5) is 5.82 Å². The van der Waals surface area contributed by atoms with Crippen molar-refractivity contribution in [3.05, 3.63) is 48.2 Å². The summed E-state index contributed by atoms with van der Waals surface area (Å²) >= 11 is 0. The number of hydrogen-bond acceptors (Lipinski definition) is 4. The van der Waals surface area contributed by atoms with Crippen molar-refractivity contribution in [2.75, 3.05) is 5.73 Å². The van der Waals surface area contributed by atoms with Gasteiger partial charge in [0, 0.05) is 0 Å². The fourth-order valence-corrected chi connectivity index (χ4v) is 1.22. The number of nitrogens with two attached hydrogens (primary N) is 2. The summed E-state index contributed by atoms with van der Waals surface area (Å²) in [5, 5.41) is 14.6. The summed E-state index contributed by atoms with van der Waals surface area (Å²) in [7, 11) is 0. The highest BCUT2D eigenvalue weighted by Gasteiger charge is 2.10. The lowest BCUT2D eigenvalue weighted by molar-refractivity contribution is -0.138. The zero-order chi connectivity index (χ0) is 13.4. The quantitative estimate of drug-likeness (QED) is 0.635. The van der Waals surface area contributed by atoms with E-state index in [1.807, 2.05) is 30.3 Å². The van der Waals surface area contributed by atoms with Crippen molar-refractivity contribution in [1.29, 1.82) is 0 Å². The minimum absolute atomic E-state index is 0.385. The fourth-order valence-electron chi connectivity index (χ4n) is 1.22. The third-order valence-corrected chi connectivity index (χ3v) is 2.14. The molecule has 0 aliphatic rings. The number of rotatable bonds is 3. The molecule has 18 heavy (non-hydrogen) atoms. The number of hydrogen-bond donors (Lipinski definition) is 4. The van der Waals surface area contributed by atoms with E-state index in [0.29, 0.717) is 12.2 Å². The molecule has 0 aliphatic heterocycles. The molecule has 0 spiro atoms. The number of nitrogens with zero attached hydrogens (tertiary/aromatic N) is 1. The van der Waals surface area contributed by atoms with Crippen LogP contribution in [0.2, 0.25) is 0 Å². The number of aromatic nitrogens is 2. The van der Waals surface area contributed by atoms with Crippen LogP contribution in [-0.4, -0.2) is 27.3 Å². The Balaban J connectivity index is 0.000000225. The lowest BCUT2D eigenvalue weighted by Crippen LogP contribution is -2.32. The van der Waals surface area contributed by atoms with Gasteiger partial charge in [0.15, 0.2) is 0 Å². The Kier molecular flexibility index (Phi) is 5.40. The minimum Gasteiger partial charge on any atom is -0.480 e. The number of anilines is 1. The van der Waals surface area contributed by atoms with Crippen molar-refractivity contribution in [3.63, 3.8) is 0 Å². The van der Waals surface area contributed by atoms with E-state index in [2.05, 4.69) is 10.2 Å². The van der Waals surface area contributed by atoms with E-state index in [1.54, 1.807) is 12.3 Å². The molecule has 6 N–H and O–H groups in total. The number of aliphatic carboxylic acids is 1. The van der Waals surface area contributed by atoms with Gasteiger partial charge in [0.1, 0.15) is 11.9 Å². The first-order chi connectivity index (χ1) is 8.59. The van der Waals surface area contributed by atoms with E-state index in [0.717, 1.165) is 5.56 Å².